The predicted octanol–water partition coefficient (Wildman–Crippen LogP) is 4.59. The van der Waals surface area contributed by atoms with Gasteiger partial charge in [0, 0.05) is 22.5 Å². The molecule has 1 aromatic rings. The van der Waals surface area contributed by atoms with Crippen molar-refractivity contribution < 1.29 is 4.74 Å². The van der Waals surface area contributed by atoms with Crippen LogP contribution in [0.15, 0.2) is 22.7 Å². The standard InChI is InChI=1S/C16H22BrNO/c1-2-9-18-14-11-16(7-3-4-8-16)19-15-10-12(17)5-6-13(14)15/h5-6,10,14,18H,2-4,7-9,11H2,1H3. The molecule has 1 aliphatic carbocycles. The number of benzene rings is 1. The topological polar surface area (TPSA) is 21.3 Å². The zero-order valence-electron chi connectivity index (χ0n) is 11.5. The SMILES string of the molecule is CCCNC1CC2(CCCC2)Oc2cc(Br)ccc21. The highest BCUT2D eigenvalue weighted by Gasteiger charge is 2.42. The Morgan fingerprint density at radius 1 is 1.37 bits per heavy atom. The van der Waals surface area contributed by atoms with Crippen LogP contribution in [0.2, 0.25) is 0 Å². The fourth-order valence-electron chi connectivity index (χ4n) is 3.47. The molecule has 1 heterocycles. The highest BCUT2D eigenvalue weighted by atomic mass is 79.9. The summed E-state index contributed by atoms with van der Waals surface area (Å²) >= 11 is 3.56. The lowest BCUT2D eigenvalue weighted by molar-refractivity contribution is 0.0367. The molecule has 2 aliphatic rings. The summed E-state index contributed by atoms with van der Waals surface area (Å²) in [5, 5.41) is 3.70. The van der Waals surface area contributed by atoms with Crippen molar-refractivity contribution in [3.05, 3.63) is 28.2 Å². The number of hydrogen-bond acceptors (Lipinski definition) is 2. The van der Waals surface area contributed by atoms with Gasteiger partial charge in [0.1, 0.15) is 11.4 Å². The minimum Gasteiger partial charge on any atom is -0.487 e. The van der Waals surface area contributed by atoms with E-state index in [2.05, 4.69) is 46.4 Å². The van der Waals surface area contributed by atoms with Crippen LogP contribution in [-0.2, 0) is 0 Å². The highest BCUT2D eigenvalue weighted by Crippen LogP contribution is 2.47. The molecule has 3 heteroatoms. The smallest absolute Gasteiger partial charge is 0.126 e. The van der Waals surface area contributed by atoms with E-state index in [1.165, 1.54) is 37.7 Å². The van der Waals surface area contributed by atoms with Crippen molar-refractivity contribution in [3.63, 3.8) is 0 Å². The van der Waals surface area contributed by atoms with E-state index in [1.54, 1.807) is 0 Å². The van der Waals surface area contributed by atoms with E-state index in [1.807, 2.05) is 0 Å². The Balaban J connectivity index is 1.91. The van der Waals surface area contributed by atoms with Gasteiger partial charge < -0.3 is 10.1 Å². The van der Waals surface area contributed by atoms with E-state index < -0.39 is 0 Å². The van der Waals surface area contributed by atoms with Crippen molar-refractivity contribution in [2.45, 2.75) is 57.1 Å². The van der Waals surface area contributed by atoms with Crippen LogP contribution in [0.4, 0.5) is 0 Å². The molecular formula is C16H22BrNO. The van der Waals surface area contributed by atoms with Gasteiger partial charge in [-0.3, -0.25) is 0 Å². The summed E-state index contributed by atoms with van der Waals surface area (Å²) in [5.74, 6) is 1.08. The van der Waals surface area contributed by atoms with E-state index in [9.17, 15) is 0 Å². The molecule has 1 atom stereocenters. The Morgan fingerprint density at radius 3 is 2.89 bits per heavy atom. The fourth-order valence-corrected chi connectivity index (χ4v) is 3.81. The molecule has 2 nitrogen and oxygen atoms in total. The molecule has 104 valence electrons. The van der Waals surface area contributed by atoms with E-state index in [0.29, 0.717) is 6.04 Å². The van der Waals surface area contributed by atoms with Crippen molar-refractivity contribution in [1.29, 1.82) is 0 Å². The average molecular weight is 324 g/mol. The van der Waals surface area contributed by atoms with Crippen LogP contribution in [0.1, 0.15) is 57.1 Å². The lowest BCUT2D eigenvalue weighted by atomic mass is 9.86. The third-order valence-corrected chi connectivity index (χ3v) is 4.90. The van der Waals surface area contributed by atoms with Crippen LogP contribution in [-0.4, -0.2) is 12.1 Å². The first-order valence-electron chi connectivity index (χ1n) is 7.44. The molecule has 0 amide bonds. The van der Waals surface area contributed by atoms with Gasteiger partial charge in [-0.15, -0.1) is 0 Å². The van der Waals surface area contributed by atoms with Gasteiger partial charge in [0.25, 0.3) is 0 Å². The maximum absolute atomic E-state index is 6.40. The second kappa shape index (κ2) is 5.45. The largest absolute Gasteiger partial charge is 0.487 e. The summed E-state index contributed by atoms with van der Waals surface area (Å²) in [6, 6.07) is 6.91. The van der Waals surface area contributed by atoms with Crippen molar-refractivity contribution in [2.75, 3.05) is 6.54 Å². The third kappa shape index (κ3) is 2.68. The molecule has 0 radical (unpaired) electrons. The molecular weight excluding hydrogens is 302 g/mol. The van der Waals surface area contributed by atoms with Crippen molar-refractivity contribution in [3.8, 4) is 5.75 Å². The van der Waals surface area contributed by atoms with Crippen LogP contribution in [0, 0.1) is 0 Å². The first-order chi connectivity index (χ1) is 9.22. The second-order valence-corrected chi connectivity index (χ2v) is 6.80. The van der Waals surface area contributed by atoms with E-state index in [0.717, 1.165) is 23.2 Å². The van der Waals surface area contributed by atoms with Gasteiger partial charge in [-0.2, -0.15) is 0 Å². The van der Waals surface area contributed by atoms with Gasteiger partial charge in [-0.05, 0) is 50.8 Å². The first kappa shape index (κ1) is 13.4. The van der Waals surface area contributed by atoms with Gasteiger partial charge in [0.2, 0.25) is 0 Å². The summed E-state index contributed by atoms with van der Waals surface area (Å²) < 4.78 is 7.51. The monoisotopic (exact) mass is 323 g/mol. The summed E-state index contributed by atoms with van der Waals surface area (Å²) in [5.41, 5.74) is 1.42. The van der Waals surface area contributed by atoms with Crippen LogP contribution in [0.5, 0.6) is 5.75 Å². The van der Waals surface area contributed by atoms with Gasteiger partial charge in [-0.1, -0.05) is 28.9 Å². The van der Waals surface area contributed by atoms with E-state index in [4.69, 9.17) is 4.74 Å². The number of nitrogens with one attached hydrogen (secondary N) is 1. The molecule has 1 spiro atoms. The van der Waals surface area contributed by atoms with Crippen molar-refractivity contribution in [2.24, 2.45) is 0 Å². The number of rotatable bonds is 3. The summed E-state index contributed by atoms with van der Waals surface area (Å²) in [7, 11) is 0. The zero-order chi connectivity index (χ0) is 13.3. The maximum Gasteiger partial charge on any atom is 0.126 e. The molecule has 1 unspecified atom stereocenters. The molecule has 0 bridgehead atoms. The Hall–Kier alpha value is -0.540. The Morgan fingerprint density at radius 2 is 2.16 bits per heavy atom. The molecule has 3 rings (SSSR count). The van der Waals surface area contributed by atoms with Gasteiger partial charge in [0.15, 0.2) is 0 Å². The van der Waals surface area contributed by atoms with Gasteiger partial charge in [-0.25, -0.2) is 0 Å². The Bertz CT molecular complexity index is 454. The molecule has 1 fully saturated rings. The average Bonchev–Trinajstić information content (AvgIpc) is 2.83. The van der Waals surface area contributed by atoms with E-state index >= 15 is 0 Å². The van der Waals surface area contributed by atoms with Gasteiger partial charge in [0.05, 0.1) is 0 Å². The molecule has 1 saturated carbocycles. The normalized spacial score (nSPS) is 24.2. The molecule has 1 aromatic carbocycles. The molecule has 1 aliphatic heterocycles. The third-order valence-electron chi connectivity index (χ3n) is 4.41. The van der Waals surface area contributed by atoms with Crippen molar-refractivity contribution in [1.82, 2.24) is 5.32 Å². The summed E-state index contributed by atoms with van der Waals surface area (Å²) in [6.45, 7) is 3.30. The molecule has 0 saturated heterocycles. The number of hydrogen-bond donors (Lipinski definition) is 1. The van der Waals surface area contributed by atoms with Gasteiger partial charge >= 0.3 is 0 Å². The quantitative estimate of drug-likeness (QED) is 0.878. The van der Waals surface area contributed by atoms with Crippen LogP contribution in [0.3, 0.4) is 0 Å². The number of fused-ring (bicyclic) bond motifs is 1. The van der Waals surface area contributed by atoms with Crippen molar-refractivity contribution >= 4 is 15.9 Å². The number of ether oxygens (including phenoxy) is 1. The predicted molar refractivity (Wildman–Crippen MR) is 81.6 cm³/mol. The minimum absolute atomic E-state index is 0.0964. The second-order valence-electron chi connectivity index (χ2n) is 5.89. The molecule has 1 N–H and O–H groups in total. The molecule has 19 heavy (non-hydrogen) atoms. The zero-order valence-corrected chi connectivity index (χ0v) is 13.1. The first-order valence-corrected chi connectivity index (χ1v) is 8.24. The minimum atomic E-state index is 0.0964. The van der Waals surface area contributed by atoms with Crippen LogP contribution < -0.4 is 10.1 Å². The lowest BCUT2D eigenvalue weighted by Gasteiger charge is -2.40. The van der Waals surface area contributed by atoms with Crippen LogP contribution in [0.25, 0.3) is 0 Å². The summed E-state index contributed by atoms with van der Waals surface area (Å²) in [6.07, 6.45) is 7.35. The van der Waals surface area contributed by atoms with Crippen LogP contribution >= 0.6 is 15.9 Å². The molecule has 0 aromatic heterocycles. The summed E-state index contributed by atoms with van der Waals surface area (Å²) in [4.78, 5) is 0. The fraction of sp³-hybridized carbons (Fsp3) is 0.625. The Labute approximate surface area is 124 Å². The lowest BCUT2D eigenvalue weighted by Crippen LogP contribution is -2.42. The Kier molecular flexibility index (Phi) is 3.86. The number of halogens is 1. The highest BCUT2D eigenvalue weighted by molar-refractivity contribution is 9.10. The van der Waals surface area contributed by atoms with E-state index in [-0.39, 0.29) is 5.60 Å². The maximum atomic E-state index is 6.40.